The van der Waals surface area contributed by atoms with Crippen molar-refractivity contribution in [2.45, 2.75) is 77.9 Å². The lowest BCUT2D eigenvalue weighted by Crippen LogP contribution is -2.39. The van der Waals surface area contributed by atoms with E-state index in [1.807, 2.05) is 19.9 Å². The first-order chi connectivity index (χ1) is 10.4. The summed E-state index contributed by atoms with van der Waals surface area (Å²) in [5.41, 5.74) is -0.783. The predicted octanol–water partition coefficient (Wildman–Crippen LogP) is 3.80. The smallest absolute Gasteiger partial charge is 0.158 e. The van der Waals surface area contributed by atoms with Crippen LogP contribution >= 0.6 is 0 Å². The SMILES string of the molecule is CC1=CCC2C(C(C)(O)CC=CC(C)(C)O)CCC2(C)CC1=O. The van der Waals surface area contributed by atoms with Crippen LogP contribution in [0.1, 0.15) is 66.7 Å². The highest BCUT2D eigenvalue weighted by Gasteiger charge is 2.51. The Labute approximate surface area is 140 Å². The van der Waals surface area contributed by atoms with E-state index in [9.17, 15) is 15.0 Å². The van der Waals surface area contributed by atoms with E-state index >= 15 is 0 Å². The average Bonchev–Trinajstić information content (AvgIpc) is 2.66. The number of fused-ring (bicyclic) bond motifs is 1. The van der Waals surface area contributed by atoms with Gasteiger partial charge in [0.2, 0.25) is 0 Å². The molecule has 0 aliphatic heterocycles. The van der Waals surface area contributed by atoms with Gasteiger partial charge in [-0.15, -0.1) is 0 Å². The highest BCUT2D eigenvalue weighted by molar-refractivity contribution is 5.95. The second-order valence-electron chi connectivity index (χ2n) is 8.75. The van der Waals surface area contributed by atoms with E-state index in [4.69, 9.17) is 0 Å². The summed E-state index contributed by atoms with van der Waals surface area (Å²) in [7, 11) is 0. The maximum atomic E-state index is 12.2. The summed E-state index contributed by atoms with van der Waals surface area (Å²) in [5.74, 6) is 0.792. The van der Waals surface area contributed by atoms with Crippen molar-refractivity contribution >= 4 is 5.78 Å². The van der Waals surface area contributed by atoms with E-state index in [1.54, 1.807) is 19.9 Å². The van der Waals surface area contributed by atoms with Crippen molar-refractivity contribution in [2.75, 3.05) is 0 Å². The number of allylic oxidation sites excluding steroid dienone is 2. The van der Waals surface area contributed by atoms with Crippen LogP contribution in [0.3, 0.4) is 0 Å². The van der Waals surface area contributed by atoms with Gasteiger partial charge in [-0.3, -0.25) is 4.79 Å². The van der Waals surface area contributed by atoms with Crippen molar-refractivity contribution in [1.29, 1.82) is 0 Å². The largest absolute Gasteiger partial charge is 0.390 e. The number of ketones is 1. The Morgan fingerprint density at radius 1 is 1.35 bits per heavy atom. The van der Waals surface area contributed by atoms with Gasteiger partial charge in [0, 0.05) is 6.42 Å². The molecule has 3 heteroatoms. The van der Waals surface area contributed by atoms with E-state index in [2.05, 4.69) is 13.0 Å². The zero-order valence-electron chi connectivity index (χ0n) is 15.2. The van der Waals surface area contributed by atoms with Crippen LogP contribution in [-0.2, 0) is 4.79 Å². The Bertz CT molecular complexity index is 521. The van der Waals surface area contributed by atoms with Crippen LogP contribution < -0.4 is 0 Å². The lowest BCUT2D eigenvalue weighted by atomic mass is 9.69. The summed E-state index contributed by atoms with van der Waals surface area (Å²) in [6.07, 6.45) is 9.68. The molecule has 0 amide bonds. The van der Waals surface area contributed by atoms with Gasteiger partial charge in [0.1, 0.15) is 0 Å². The maximum Gasteiger partial charge on any atom is 0.158 e. The number of Topliss-reactive ketones (excluding diaryl/α,β-unsaturated/α-hetero) is 1. The van der Waals surface area contributed by atoms with Crippen LogP contribution in [0, 0.1) is 17.3 Å². The van der Waals surface area contributed by atoms with Crippen LogP contribution in [0.25, 0.3) is 0 Å². The molecule has 23 heavy (non-hydrogen) atoms. The number of carbonyl (C=O) groups excluding carboxylic acids is 1. The first-order valence-corrected chi connectivity index (χ1v) is 8.77. The number of aliphatic hydroxyl groups is 2. The molecule has 0 aromatic carbocycles. The molecule has 0 aromatic rings. The van der Waals surface area contributed by atoms with Gasteiger partial charge < -0.3 is 10.2 Å². The predicted molar refractivity (Wildman–Crippen MR) is 93.0 cm³/mol. The molecule has 2 aliphatic rings. The van der Waals surface area contributed by atoms with Gasteiger partial charge >= 0.3 is 0 Å². The summed E-state index contributed by atoms with van der Waals surface area (Å²) in [6.45, 7) is 9.49. The molecular formula is C20H32O3. The Hall–Kier alpha value is -0.930. The first-order valence-electron chi connectivity index (χ1n) is 8.77. The topological polar surface area (TPSA) is 57.5 Å². The van der Waals surface area contributed by atoms with Crippen LogP contribution in [0.4, 0.5) is 0 Å². The molecule has 130 valence electrons. The molecule has 1 fully saturated rings. The quantitative estimate of drug-likeness (QED) is 0.775. The van der Waals surface area contributed by atoms with Crippen molar-refractivity contribution in [3.05, 3.63) is 23.8 Å². The Morgan fingerprint density at radius 3 is 2.61 bits per heavy atom. The van der Waals surface area contributed by atoms with Crippen LogP contribution in [0.15, 0.2) is 23.8 Å². The van der Waals surface area contributed by atoms with Crippen LogP contribution in [0.5, 0.6) is 0 Å². The Kier molecular flexibility index (Phi) is 4.94. The Morgan fingerprint density at radius 2 is 2.00 bits per heavy atom. The molecule has 0 spiro atoms. The molecule has 0 radical (unpaired) electrons. The fourth-order valence-corrected chi connectivity index (χ4v) is 4.43. The molecule has 3 nitrogen and oxygen atoms in total. The van der Waals surface area contributed by atoms with Crippen molar-refractivity contribution in [2.24, 2.45) is 17.3 Å². The molecule has 1 saturated carbocycles. The van der Waals surface area contributed by atoms with Gasteiger partial charge in [0.15, 0.2) is 5.78 Å². The molecule has 4 atom stereocenters. The average molecular weight is 320 g/mol. The molecule has 0 saturated heterocycles. The summed E-state index contributed by atoms with van der Waals surface area (Å²) in [6, 6.07) is 0. The van der Waals surface area contributed by atoms with Gasteiger partial charge in [0.25, 0.3) is 0 Å². The Balaban J connectivity index is 2.17. The number of carbonyl (C=O) groups is 1. The van der Waals surface area contributed by atoms with Gasteiger partial charge in [-0.25, -0.2) is 0 Å². The fourth-order valence-electron chi connectivity index (χ4n) is 4.43. The number of rotatable bonds is 4. The molecule has 0 heterocycles. The molecule has 2 aliphatic carbocycles. The van der Waals surface area contributed by atoms with E-state index in [0.29, 0.717) is 18.8 Å². The lowest BCUT2D eigenvalue weighted by Gasteiger charge is -2.38. The molecule has 4 unspecified atom stereocenters. The lowest BCUT2D eigenvalue weighted by molar-refractivity contribution is -0.118. The van der Waals surface area contributed by atoms with E-state index in [-0.39, 0.29) is 17.1 Å². The summed E-state index contributed by atoms with van der Waals surface area (Å²) in [4.78, 5) is 12.2. The van der Waals surface area contributed by atoms with Crippen LogP contribution in [0.2, 0.25) is 0 Å². The van der Waals surface area contributed by atoms with Crippen molar-refractivity contribution in [3.63, 3.8) is 0 Å². The minimum atomic E-state index is -0.852. The minimum Gasteiger partial charge on any atom is -0.390 e. The number of hydrogen-bond acceptors (Lipinski definition) is 3. The maximum absolute atomic E-state index is 12.2. The van der Waals surface area contributed by atoms with E-state index < -0.39 is 11.2 Å². The van der Waals surface area contributed by atoms with E-state index in [0.717, 1.165) is 24.8 Å². The van der Waals surface area contributed by atoms with E-state index in [1.165, 1.54) is 0 Å². The third kappa shape index (κ3) is 4.13. The normalized spacial score (nSPS) is 34.9. The van der Waals surface area contributed by atoms with Crippen molar-refractivity contribution in [3.8, 4) is 0 Å². The zero-order valence-corrected chi connectivity index (χ0v) is 15.2. The minimum absolute atomic E-state index is 0.0000361. The molecule has 2 N–H and O–H groups in total. The zero-order chi connectivity index (χ0) is 17.5. The third-order valence-corrected chi connectivity index (χ3v) is 5.95. The second-order valence-corrected chi connectivity index (χ2v) is 8.75. The molecule has 0 bridgehead atoms. The second kappa shape index (κ2) is 6.18. The first kappa shape index (κ1) is 18.4. The van der Waals surface area contributed by atoms with Gasteiger partial charge in [-0.05, 0) is 76.2 Å². The monoisotopic (exact) mass is 320 g/mol. The molecule has 2 rings (SSSR count). The highest BCUT2D eigenvalue weighted by Crippen LogP contribution is 2.56. The summed E-state index contributed by atoms with van der Waals surface area (Å²) >= 11 is 0. The van der Waals surface area contributed by atoms with Gasteiger partial charge in [0.05, 0.1) is 11.2 Å². The van der Waals surface area contributed by atoms with Crippen molar-refractivity contribution in [1.82, 2.24) is 0 Å². The third-order valence-electron chi connectivity index (χ3n) is 5.95. The fraction of sp³-hybridized carbons (Fsp3) is 0.750. The highest BCUT2D eigenvalue weighted by atomic mass is 16.3. The summed E-state index contributed by atoms with van der Waals surface area (Å²) < 4.78 is 0. The molecule has 0 aromatic heterocycles. The van der Waals surface area contributed by atoms with Gasteiger partial charge in [-0.2, -0.15) is 0 Å². The van der Waals surface area contributed by atoms with Crippen LogP contribution in [-0.4, -0.2) is 27.2 Å². The summed E-state index contributed by atoms with van der Waals surface area (Å²) in [5, 5.41) is 20.8. The standard InChI is InChI=1S/C20H32O3/c1-14-7-8-15-16(9-12-19(15,4)13-17(14)21)20(5,23)11-6-10-18(2,3)22/h6-7,10,15-16,22-23H,8-9,11-13H2,1-5H3. The van der Waals surface area contributed by atoms with Crippen molar-refractivity contribution < 1.29 is 15.0 Å². The molecular weight excluding hydrogens is 288 g/mol. The van der Waals surface area contributed by atoms with Gasteiger partial charge in [-0.1, -0.05) is 25.2 Å². The number of hydrogen-bond donors (Lipinski definition) is 2.